The van der Waals surface area contributed by atoms with Crippen LogP contribution in [0.2, 0.25) is 0 Å². The van der Waals surface area contributed by atoms with Gasteiger partial charge in [0, 0.05) is 26.2 Å². The summed E-state index contributed by atoms with van der Waals surface area (Å²) < 4.78 is 3.85. The molecule has 0 spiro atoms. The van der Waals surface area contributed by atoms with E-state index < -0.39 is 0 Å². The third kappa shape index (κ3) is 2.52. The van der Waals surface area contributed by atoms with Crippen molar-refractivity contribution in [3.05, 3.63) is 30.4 Å². The Balaban J connectivity index is 2.10. The molecule has 2 N–H and O–H groups in total. The molecule has 1 atom stereocenters. The zero-order valence-electron chi connectivity index (χ0n) is 10.2. The summed E-state index contributed by atoms with van der Waals surface area (Å²) in [6, 6.07) is -0.0951. The van der Waals surface area contributed by atoms with Crippen molar-refractivity contribution in [3.8, 4) is 0 Å². The number of nitrogens with zero attached hydrogens (tertiary/aromatic N) is 5. The maximum absolute atomic E-state index is 6.15. The zero-order valence-corrected chi connectivity index (χ0v) is 10.2. The van der Waals surface area contributed by atoms with E-state index in [-0.39, 0.29) is 6.04 Å². The molecule has 0 aliphatic heterocycles. The third-order valence-electron chi connectivity index (χ3n) is 2.77. The largest absolute Gasteiger partial charge is 0.336 e. The van der Waals surface area contributed by atoms with Crippen LogP contribution in [-0.4, -0.2) is 24.3 Å². The van der Waals surface area contributed by atoms with Crippen molar-refractivity contribution >= 4 is 0 Å². The van der Waals surface area contributed by atoms with Gasteiger partial charge in [-0.1, -0.05) is 6.92 Å². The van der Waals surface area contributed by atoms with Crippen molar-refractivity contribution in [2.24, 2.45) is 12.8 Å². The molecular weight excluding hydrogens is 216 g/mol. The van der Waals surface area contributed by atoms with E-state index in [1.807, 2.05) is 16.3 Å². The van der Waals surface area contributed by atoms with Crippen molar-refractivity contribution in [1.82, 2.24) is 24.3 Å². The average Bonchev–Trinajstić information content (AvgIpc) is 2.89. The highest BCUT2D eigenvalue weighted by molar-refractivity contribution is 5.07. The Kier molecular flexibility index (Phi) is 3.53. The number of nitrogens with two attached hydrogens (primary N) is 1. The van der Waals surface area contributed by atoms with E-state index in [0.29, 0.717) is 6.42 Å². The lowest BCUT2D eigenvalue weighted by atomic mass is 10.1. The maximum atomic E-state index is 6.15. The summed E-state index contributed by atoms with van der Waals surface area (Å²) in [5, 5.41) is 4.19. The van der Waals surface area contributed by atoms with Crippen molar-refractivity contribution < 1.29 is 0 Å². The van der Waals surface area contributed by atoms with Gasteiger partial charge in [-0.15, -0.1) is 0 Å². The summed E-state index contributed by atoms with van der Waals surface area (Å²) in [6.45, 7) is 3.00. The molecule has 0 amide bonds. The van der Waals surface area contributed by atoms with Crippen molar-refractivity contribution in [3.63, 3.8) is 0 Å². The molecule has 6 heteroatoms. The normalized spacial score (nSPS) is 12.9. The second-order valence-electron chi connectivity index (χ2n) is 4.14. The molecule has 2 heterocycles. The lowest BCUT2D eigenvalue weighted by Crippen LogP contribution is -2.19. The highest BCUT2D eigenvalue weighted by Gasteiger charge is 2.14. The standard InChI is InChI=1S/C11H18N6/c1-3-4-17-11(14-7-15-17)5-9(12)10-6-13-8-16(10)2/h6-9H,3-5,12H2,1-2H3. The van der Waals surface area contributed by atoms with Crippen LogP contribution in [0.5, 0.6) is 0 Å². The van der Waals surface area contributed by atoms with E-state index in [1.54, 1.807) is 18.9 Å². The minimum Gasteiger partial charge on any atom is -0.336 e. The topological polar surface area (TPSA) is 74.6 Å². The Morgan fingerprint density at radius 2 is 2.29 bits per heavy atom. The minimum absolute atomic E-state index is 0.0951. The van der Waals surface area contributed by atoms with Gasteiger partial charge >= 0.3 is 0 Å². The summed E-state index contributed by atoms with van der Waals surface area (Å²) in [6.07, 6.45) is 6.86. The smallest absolute Gasteiger partial charge is 0.138 e. The van der Waals surface area contributed by atoms with Gasteiger partial charge in [0.2, 0.25) is 0 Å². The first kappa shape index (κ1) is 11.8. The first-order valence-electron chi connectivity index (χ1n) is 5.80. The summed E-state index contributed by atoms with van der Waals surface area (Å²) in [7, 11) is 1.94. The summed E-state index contributed by atoms with van der Waals surface area (Å²) in [4.78, 5) is 8.33. The molecule has 0 bridgehead atoms. The molecular formula is C11H18N6. The monoisotopic (exact) mass is 234 g/mol. The quantitative estimate of drug-likeness (QED) is 0.825. The van der Waals surface area contributed by atoms with Crippen LogP contribution in [0.1, 0.15) is 30.9 Å². The number of hydrogen-bond acceptors (Lipinski definition) is 4. The molecule has 17 heavy (non-hydrogen) atoms. The number of aryl methyl sites for hydroxylation is 2. The highest BCUT2D eigenvalue weighted by Crippen LogP contribution is 2.13. The van der Waals surface area contributed by atoms with Crippen molar-refractivity contribution in [1.29, 1.82) is 0 Å². The fourth-order valence-corrected chi connectivity index (χ4v) is 1.87. The Bertz CT molecular complexity index is 472. The van der Waals surface area contributed by atoms with Gasteiger partial charge in [-0.2, -0.15) is 5.10 Å². The van der Waals surface area contributed by atoms with E-state index in [4.69, 9.17) is 5.73 Å². The Labute approximate surface area is 100 Å². The fourth-order valence-electron chi connectivity index (χ4n) is 1.87. The van der Waals surface area contributed by atoms with Crippen LogP contribution >= 0.6 is 0 Å². The predicted octanol–water partition coefficient (Wildman–Crippen LogP) is 0.664. The van der Waals surface area contributed by atoms with Crippen molar-refractivity contribution in [2.45, 2.75) is 32.4 Å². The van der Waals surface area contributed by atoms with Crippen LogP contribution in [0.3, 0.4) is 0 Å². The first-order valence-corrected chi connectivity index (χ1v) is 5.80. The molecule has 0 radical (unpaired) electrons. The lowest BCUT2D eigenvalue weighted by molar-refractivity contribution is 0.540. The van der Waals surface area contributed by atoms with Gasteiger partial charge < -0.3 is 10.3 Å². The molecule has 2 aromatic heterocycles. The van der Waals surface area contributed by atoms with Gasteiger partial charge in [0.25, 0.3) is 0 Å². The van der Waals surface area contributed by atoms with Gasteiger partial charge in [0.1, 0.15) is 12.2 Å². The van der Waals surface area contributed by atoms with E-state index in [2.05, 4.69) is 22.0 Å². The lowest BCUT2D eigenvalue weighted by Gasteiger charge is -2.12. The predicted molar refractivity (Wildman–Crippen MR) is 64.2 cm³/mol. The Morgan fingerprint density at radius 3 is 2.94 bits per heavy atom. The number of hydrogen-bond donors (Lipinski definition) is 1. The molecule has 92 valence electrons. The van der Waals surface area contributed by atoms with Gasteiger partial charge in [-0.25, -0.2) is 9.97 Å². The van der Waals surface area contributed by atoms with Gasteiger partial charge in [-0.05, 0) is 6.42 Å². The van der Waals surface area contributed by atoms with Crippen LogP contribution in [0.15, 0.2) is 18.9 Å². The van der Waals surface area contributed by atoms with E-state index in [1.165, 1.54) is 0 Å². The van der Waals surface area contributed by atoms with Crippen LogP contribution in [0.4, 0.5) is 0 Å². The molecule has 0 aliphatic carbocycles. The molecule has 0 aromatic carbocycles. The van der Waals surface area contributed by atoms with E-state index in [9.17, 15) is 0 Å². The molecule has 6 nitrogen and oxygen atoms in total. The third-order valence-corrected chi connectivity index (χ3v) is 2.77. The van der Waals surface area contributed by atoms with Crippen molar-refractivity contribution in [2.75, 3.05) is 0 Å². The minimum atomic E-state index is -0.0951. The summed E-state index contributed by atoms with van der Waals surface area (Å²) >= 11 is 0. The zero-order chi connectivity index (χ0) is 12.3. The van der Waals surface area contributed by atoms with Crippen LogP contribution in [0, 0.1) is 0 Å². The fraction of sp³-hybridized carbons (Fsp3) is 0.545. The second kappa shape index (κ2) is 5.09. The molecule has 0 fully saturated rings. The summed E-state index contributed by atoms with van der Waals surface area (Å²) in [5.41, 5.74) is 7.16. The maximum Gasteiger partial charge on any atom is 0.138 e. The van der Waals surface area contributed by atoms with Crippen LogP contribution < -0.4 is 5.73 Å². The van der Waals surface area contributed by atoms with Crippen LogP contribution in [-0.2, 0) is 20.0 Å². The molecule has 2 aromatic rings. The Morgan fingerprint density at radius 1 is 1.47 bits per heavy atom. The van der Waals surface area contributed by atoms with Gasteiger partial charge in [0.15, 0.2) is 0 Å². The van der Waals surface area contributed by atoms with Crippen LogP contribution in [0.25, 0.3) is 0 Å². The SMILES string of the molecule is CCCn1ncnc1CC(N)c1cncn1C. The molecule has 0 saturated carbocycles. The average molecular weight is 234 g/mol. The number of rotatable bonds is 5. The first-order chi connectivity index (χ1) is 8.22. The Hall–Kier alpha value is -1.69. The molecule has 0 aliphatic rings. The molecule has 0 saturated heterocycles. The number of imidazole rings is 1. The molecule has 2 rings (SSSR count). The van der Waals surface area contributed by atoms with Gasteiger partial charge in [0.05, 0.1) is 18.1 Å². The molecule has 1 unspecified atom stereocenters. The highest BCUT2D eigenvalue weighted by atomic mass is 15.3. The van der Waals surface area contributed by atoms with E-state index in [0.717, 1.165) is 24.5 Å². The van der Waals surface area contributed by atoms with Gasteiger partial charge in [-0.3, -0.25) is 4.68 Å². The van der Waals surface area contributed by atoms with E-state index >= 15 is 0 Å². The summed E-state index contributed by atoms with van der Waals surface area (Å²) in [5.74, 6) is 0.931. The second-order valence-corrected chi connectivity index (χ2v) is 4.14. The number of aromatic nitrogens is 5.